The first-order chi connectivity index (χ1) is 8.45. The number of benzene rings is 1. The molecule has 2 atom stereocenters. The van der Waals surface area contributed by atoms with E-state index in [4.69, 9.17) is 5.11 Å². The van der Waals surface area contributed by atoms with Crippen LogP contribution in [0.25, 0.3) is 0 Å². The van der Waals surface area contributed by atoms with Crippen LogP contribution in [0.4, 0.5) is 5.69 Å². The smallest absolute Gasteiger partial charge is 0.283 e. The summed E-state index contributed by atoms with van der Waals surface area (Å²) in [5.74, 6) is 0.705. The van der Waals surface area contributed by atoms with E-state index in [0.29, 0.717) is 16.2 Å². The molecule has 0 saturated heterocycles. The second-order valence-electron chi connectivity index (χ2n) is 4.26. The number of aliphatic hydroxyl groups is 2. The Labute approximate surface area is 110 Å². The minimum absolute atomic E-state index is 0.00328. The molecule has 0 aromatic heterocycles. The van der Waals surface area contributed by atoms with Crippen molar-refractivity contribution >= 4 is 17.4 Å². The van der Waals surface area contributed by atoms with E-state index < -0.39 is 11.0 Å². The highest BCUT2D eigenvalue weighted by molar-refractivity contribution is 7.99. The van der Waals surface area contributed by atoms with Crippen LogP contribution in [0, 0.1) is 16.0 Å². The zero-order valence-corrected chi connectivity index (χ0v) is 11.2. The van der Waals surface area contributed by atoms with Crippen molar-refractivity contribution in [3.63, 3.8) is 0 Å². The van der Waals surface area contributed by atoms with E-state index in [1.54, 1.807) is 19.1 Å². The van der Waals surface area contributed by atoms with Crippen LogP contribution in [0.3, 0.4) is 0 Å². The van der Waals surface area contributed by atoms with E-state index in [-0.39, 0.29) is 18.2 Å². The molecule has 1 rings (SSSR count). The number of rotatable bonds is 6. The molecule has 0 amide bonds. The average Bonchev–Trinajstić information content (AvgIpc) is 2.35. The summed E-state index contributed by atoms with van der Waals surface area (Å²) in [6.07, 6.45) is -0.723. The molecule has 100 valence electrons. The van der Waals surface area contributed by atoms with Crippen LogP contribution in [0.2, 0.25) is 0 Å². The van der Waals surface area contributed by atoms with Crippen molar-refractivity contribution < 1.29 is 15.1 Å². The minimum atomic E-state index is -0.723. The van der Waals surface area contributed by atoms with Gasteiger partial charge in [-0.3, -0.25) is 10.1 Å². The third kappa shape index (κ3) is 3.97. The first-order valence-corrected chi connectivity index (χ1v) is 6.64. The monoisotopic (exact) mass is 271 g/mol. The Balaban J connectivity index is 2.93. The van der Waals surface area contributed by atoms with Gasteiger partial charge in [0, 0.05) is 18.4 Å². The molecule has 5 nitrogen and oxygen atoms in total. The molecule has 0 bridgehead atoms. The standard InChI is InChI=1S/C12H17NO4S/c1-8(6-14)7-18-12-4-3-10(9(2)15)5-11(12)13(16)17/h3-5,8-9,14-15H,6-7H2,1-2H3. The van der Waals surface area contributed by atoms with E-state index in [9.17, 15) is 15.2 Å². The molecule has 0 heterocycles. The molecule has 0 fully saturated rings. The highest BCUT2D eigenvalue weighted by Crippen LogP contribution is 2.32. The topological polar surface area (TPSA) is 83.6 Å². The summed E-state index contributed by atoms with van der Waals surface area (Å²) in [6.45, 7) is 3.51. The fraction of sp³-hybridized carbons (Fsp3) is 0.500. The maximum Gasteiger partial charge on any atom is 0.283 e. The first kappa shape index (κ1) is 14.9. The van der Waals surface area contributed by atoms with Crippen molar-refractivity contribution in [3.05, 3.63) is 33.9 Å². The normalized spacial score (nSPS) is 14.2. The number of hydrogen-bond acceptors (Lipinski definition) is 5. The SMILES string of the molecule is CC(CO)CSc1ccc(C(C)O)cc1[N+](=O)[O-]. The molecule has 0 aliphatic heterocycles. The molecule has 2 N–H and O–H groups in total. The molecule has 1 aromatic rings. The summed E-state index contributed by atoms with van der Waals surface area (Å²) in [4.78, 5) is 11.1. The minimum Gasteiger partial charge on any atom is -0.396 e. The van der Waals surface area contributed by atoms with Gasteiger partial charge in [0.05, 0.1) is 15.9 Å². The number of nitrogens with zero attached hydrogens (tertiary/aromatic N) is 1. The predicted molar refractivity (Wildman–Crippen MR) is 70.7 cm³/mol. The Morgan fingerprint density at radius 2 is 2.11 bits per heavy atom. The van der Waals surface area contributed by atoms with Gasteiger partial charge in [-0.1, -0.05) is 13.0 Å². The summed E-state index contributed by atoms with van der Waals surface area (Å²) in [6, 6.07) is 4.73. The Morgan fingerprint density at radius 1 is 1.44 bits per heavy atom. The van der Waals surface area contributed by atoms with E-state index in [2.05, 4.69) is 0 Å². The third-order valence-corrected chi connectivity index (χ3v) is 3.89. The van der Waals surface area contributed by atoms with Gasteiger partial charge in [0.25, 0.3) is 5.69 Å². The van der Waals surface area contributed by atoms with Crippen molar-refractivity contribution in [3.8, 4) is 0 Å². The van der Waals surface area contributed by atoms with Gasteiger partial charge in [-0.15, -0.1) is 11.8 Å². The number of hydrogen-bond donors (Lipinski definition) is 2. The van der Waals surface area contributed by atoms with Gasteiger partial charge in [-0.25, -0.2) is 0 Å². The van der Waals surface area contributed by atoms with Crippen LogP contribution >= 0.6 is 11.8 Å². The average molecular weight is 271 g/mol. The lowest BCUT2D eigenvalue weighted by Gasteiger charge is -2.09. The van der Waals surface area contributed by atoms with E-state index >= 15 is 0 Å². The van der Waals surface area contributed by atoms with Crippen molar-refractivity contribution in [2.75, 3.05) is 12.4 Å². The second kappa shape index (κ2) is 6.72. The van der Waals surface area contributed by atoms with Crippen LogP contribution in [-0.2, 0) is 0 Å². The molecule has 6 heteroatoms. The zero-order valence-electron chi connectivity index (χ0n) is 10.4. The predicted octanol–water partition coefficient (Wildman–Crippen LogP) is 2.37. The van der Waals surface area contributed by atoms with E-state index in [0.717, 1.165) is 0 Å². The highest BCUT2D eigenvalue weighted by Gasteiger charge is 2.17. The molecule has 0 radical (unpaired) electrons. The summed E-state index contributed by atoms with van der Waals surface area (Å²) in [5.41, 5.74) is 0.532. The van der Waals surface area contributed by atoms with Gasteiger partial charge >= 0.3 is 0 Å². The molecule has 2 unspecified atom stereocenters. The Hall–Kier alpha value is -1.11. The van der Waals surface area contributed by atoms with E-state index in [1.165, 1.54) is 17.8 Å². The van der Waals surface area contributed by atoms with E-state index in [1.807, 2.05) is 6.92 Å². The number of nitro benzene ring substituents is 1. The quantitative estimate of drug-likeness (QED) is 0.471. The van der Waals surface area contributed by atoms with Crippen molar-refractivity contribution in [1.29, 1.82) is 0 Å². The second-order valence-corrected chi connectivity index (χ2v) is 5.32. The zero-order chi connectivity index (χ0) is 13.7. The fourth-order valence-electron chi connectivity index (χ4n) is 1.34. The largest absolute Gasteiger partial charge is 0.396 e. The summed E-state index contributed by atoms with van der Waals surface area (Å²) >= 11 is 1.35. The molecule has 1 aromatic carbocycles. The molecular formula is C12H17NO4S. The summed E-state index contributed by atoms with van der Waals surface area (Å²) in [7, 11) is 0. The molecule has 0 aliphatic rings. The molecule has 18 heavy (non-hydrogen) atoms. The Morgan fingerprint density at radius 3 is 2.61 bits per heavy atom. The Kier molecular flexibility index (Phi) is 5.58. The lowest BCUT2D eigenvalue weighted by molar-refractivity contribution is -0.387. The maximum atomic E-state index is 11.0. The number of thioether (sulfide) groups is 1. The van der Waals surface area contributed by atoms with Gasteiger partial charge in [0.2, 0.25) is 0 Å². The molecule has 0 spiro atoms. The molecule has 0 aliphatic carbocycles. The van der Waals surface area contributed by atoms with Gasteiger partial charge in [-0.05, 0) is 24.5 Å². The molecule has 0 saturated carbocycles. The highest BCUT2D eigenvalue weighted by atomic mass is 32.2. The number of aliphatic hydroxyl groups excluding tert-OH is 2. The van der Waals surface area contributed by atoms with Crippen molar-refractivity contribution in [2.24, 2.45) is 5.92 Å². The van der Waals surface area contributed by atoms with Crippen LogP contribution in [-0.4, -0.2) is 27.5 Å². The lowest BCUT2D eigenvalue weighted by Crippen LogP contribution is -2.04. The summed E-state index contributed by atoms with van der Waals surface area (Å²) in [5, 5.41) is 29.3. The molecular weight excluding hydrogens is 254 g/mol. The van der Waals surface area contributed by atoms with Crippen LogP contribution in [0.1, 0.15) is 25.5 Å². The third-order valence-electron chi connectivity index (χ3n) is 2.50. The van der Waals surface area contributed by atoms with Gasteiger partial charge in [0.15, 0.2) is 0 Å². The van der Waals surface area contributed by atoms with Gasteiger partial charge in [0.1, 0.15) is 0 Å². The maximum absolute atomic E-state index is 11.0. The lowest BCUT2D eigenvalue weighted by atomic mass is 10.1. The van der Waals surface area contributed by atoms with Crippen molar-refractivity contribution in [1.82, 2.24) is 0 Å². The fourth-order valence-corrected chi connectivity index (χ4v) is 2.36. The van der Waals surface area contributed by atoms with Crippen LogP contribution < -0.4 is 0 Å². The van der Waals surface area contributed by atoms with Crippen molar-refractivity contribution in [2.45, 2.75) is 24.8 Å². The van der Waals surface area contributed by atoms with Crippen LogP contribution in [0.15, 0.2) is 23.1 Å². The Bertz CT molecular complexity index is 423. The first-order valence-electron chi connectivity index (χ1n) is 5.65. The number of nitro groups is 1. The van der Waals surface area contributed by atoms with Gasteiger partial charge < -0.3 is 10.2 Å². The van der Waals surface area contributed by atoms with Gasteiger partial charge in [-0.2, -0.15) is 0 Å². The summed E-state index contributed by atoms with van der Waals surface area (Å²) < 4.78 is 0. The van der Waals surface area contributed by atoms with Crippen LogP contribution in [0.5, 0.6) is 0 Å².